The van der Waals surface area contributed by atoms with Crippen molar-refractivity contribution in [1.82, 2.24) is 15.5 Å². The molecule has 7 heteroatoms. The molecule has 1 atom stereocenters. The quantitative estimate of drug-likeness (QED) is 0.663. The van der Waals surface area contributed by atoms with Crippen LogP contribution in [0.15, 0.2) is 18.2 Å². The van der Waals surface area contributed by atoms with Gasteiger partial charge < -0.3 is 25.0 Å². The second kappa shape index (κ2) is 10.1. The first kappa shape index (κ1) is 21.5. The van der Waals surface area contributed by atoms with Gasteiger partial charge in [0.25, 0.3) is 0 Å². The molecule has 0 bridgehead atoms. The number of benzene rings is 1. The minimum Gasteiger partial charge on any atom is -0.493 e. The van der Waals surface area contributed by atoms with Crippen molar-refractivity contribution in [2.24, 2.45) is 5.92 Å². The van der Waals surface area contributed by atoms with Gasteiger partial charge in [-0.05, 0) is 62.7 Å². The fourth-order valence-electron chi connectivity index (χ4n) is 4.79. The fourth-order valence-corrected chi connectivity index (χ4v) is 4.79. The highest BCUT2D eigenvalue weighted by molar-refractivity contribution is 5.79. The van der Waals surface area contributed by atoms with E-state index in [1.165, 1.54) is 18.9 Å². The smallest absolute Gasteiger partial charge is 0.227 e. The molecule has 4 rings (SSSR count). The Labute approximate surface area is 178 Å². The van der Waals surface area contributed by atoms with Gasteiger partial charge in [0.05, 0.1) is 31.8 Å². The number of ether oxygens (including phenoxy) is 2. The number of carbonyl (C=O) groups is 1. The van der Waals surface area contributed by atoms with Gasteiger partial charge in [-0.3, -0.25) is 4.79 Å². The zero-order valence-corrected chi connectivity index (χ0v) is 17.8. The Kier molecular flexibility index (Phi) is 7.23. The van der Waals surface area contributed by atoms with Crippen LogP contribution >= 0.6 is 0 Å². The van der Waals surface area contributed by atoms with Crippen molar-refractivity contribution in [3.05, 3.63) is 29.6 Å². The summed E-state index contributed by atoms with van der Waals surface area (Å²) < 4.78 is 26.2. The van der Waals surface area contributed by atoms with Crippen LogP contribution < -0.4 is 15.4 Å². The largest absolute Gasteiger partial charge is 0.493 e. The van der Waals surface area contributed by atoms with E-state index < -0.39 is 0 Å². The Morgan fingerprint density at radius 2 is 2.13 bits per heavy atom. The highest BCUT2D eigenvalue weighted by atomic mass is 19.1. The number of nitrogens with one attached hydrogen (secondary N) is 2. The van der Waals surface area contributed by atoms with Crippen LogP contribution in [0, 0.1) is 11.7 Å². The Hall–Kier alpha value is -1.70. The highest BCUT2D eigenvalue weighted by Gasteiger charge is 2.42. The number of piperidine rings is 1. The number of halogens is 1. The van der Waals surface area contributed by atoms with Crippen LogP contribution in [0.1, 0.15) is 37.7 Å². The minimum atomic E-state index is -0.372. The van der Waals surface area contributed by atoms with Gasteiger partial charge in [0, 0.05) is 25.7 Å². The van der Waals surface area contributed by atoms with Gasteiger partial charge >= 0.3 is 0 Å². The lowest BCUT2D eigenvalue weighted by Gasteiger charge is -2.34. The van der Waals surface area contributed by atoms with Gasteiger partial charge in [0.1, 0.15) is 11.6 Å². The summed E-state index contributed by atoms with van der Waals surface area (Å²) in [5, 5.41) is 6.72. The van der Waals surface area contributed by atoms with Crippen molar-refractivity contribution >= 4 is 5.91 Å². The van der Waals surface area contributed by atoms with Crippen molar-refractivity contribution in [3.63, 3.8) is 0 Å². The van der Waals surface area contributed by atoms with Gasteiger partial charge in [-0.1, -0.05) is 6.07 Å². The van der Waals surface area contributed by atoms with Crippen LogP contribution in [0.5, 0.6) is 5.75 Å². The van der Waals surface area contributed by atoms with E-state index in [9.17, 15) is 9.18 Å². The minimum absolute atomic E-state index is 0.0458. The number of carbonyl (C=O) groups excluding carboxylic acids is 1. The molecular weight excluding hydrogens is 385 g/mol. The molecule has 3 heterocycles. The average Bonchev–Trinajstić information content (AvgIpc) is 3.17. The predicted molar refractivity (Wildman–Crippen MR) is 113 cm³/mol. The maximum Gasteiger partial charge on any atom is 0.227 e. The van der Waals surface area contributed by atoms with Crippen molar-refractivity contribution in [3.8, 4) is 5.75 Å². The van der Waals surface area contributed by atoms with Crippen molar-refractivity contribution in [2.45, 2.75) is 44.1 Å². The van der Waals surface area contributed by atoms with Crippen molar-refractivity contribution in [1.29, 1.82) is 0 Å². The van der Waals surface area contributed by atoms with E-state index in [1.54, 1.807) is 17.0 Å². The summed E-state index contributed by atoms with van der Waals surface area (Å²) in [6.45, 7) is 6.38. The molecule has 1 unspecified atom stereocenters. The van der Waals surface area contributed by atoms with Crippen LogP contribution in [0.25, 0.3) is 0 Å². The molecule has 0 saturated carbocycles. The number of nitrogens with zero attached hydrogens (tertiary/aromatic N) is 1. The van der Waals surface area contributed by atoms with Crippen LogP contribution in [-0.4, -0.2) is 68.9 Å². The van der Waals surface area contributed by atoms with E-state index in [1.807, 2.05) is 0 Å². The molecule has 3 saturated heterocycles. The van der Waals surface area contributed by atoms with Gasteiger partial charge in [-0.25, -0.2) is 4.39 Å². The lowest BCUT2D eigenvalue weighted by molar-refractivity contribution is -0.131. The molecule has 166 valence electrons. The van der Waals surface area contributed by atoms with Crippen LogP contribution in [0.3, 0.4) is 0 Å². The summed E-state index contributed by atoms with van der Waals surface area (Å²) in [6, 6.07) is 4.86. The number of hydrogen-bond donors (Lipinski definition) is 2. The molecular formula is C23H34FN3O3. The molecule has 3 aliphatic heterocycles. The van der Waals surface area contributed by atoms with E-state index in [2.05, 4.69) is 10.6 Å². The second-order valence-corrected chi connectivity index (χ2v) is 8.89. The summed E-state index contributed by atoms with van der Waals surface area (Å²) in [5.74, 6) is 0.898. The number of hydrogen-bond acceptors (Lipinski definition) is 5. The first-order valence-corrected chi connectivity index (χ1v) is 11.4. The van der Waals surface area contributed by atoms with Crippen LogP contribution in [0.4, 0.5) is 4.39 Å². The first-order valence-electron chi connectivity index (χ1n) is 11.4. The molecule has 1 spiro atoms. The molecule has 0 radical (unpaired) electrons. The number of likely N-dealkylation sites (tertiary alicyclic amines) is 1. The van der Waals surface area contributed by atoms with E-state index in [0.717, 1.165) is 51.4 Å². The lowest BCUT2D eigenvalue weighted by Crippen LogP contribution is -2.51. The molecule has 3 fully saturated rings. The van der Waals surface area contributed by atoms with Crippen molar-refractivity contribution in [2.75, 3.05) is 52.5 Å². The van der Waals surface area contributed by atoms with Gasteiger partial charge in [0.2, 0.25) is 5.91 Å². The topological polar surface area (TPSA) is 62.8 Å². The second-order valence-electron chi connectivity index (χ2n) is 8.89. The first-order chi connectivity index (χ1) is 14.6. The molecule has 3 aliphatic rings. The molecule has 2 N–H and O–H groups in total. The summed E-state index contributed by atoms with van der Waals surface area (Å²) in [6.07, 6.45) is 5.52. The average molecular weight is 420 g/mol. The molecule has 0 aromatic heterocycles. The van der Waals surface area contributed by atoms with E-state index in [0.29, 0.717) is 37.6 Å². The fraction of sp³-hybridized carbons (Fsp3) is 0.696. The molecule has 0 aliphatic carbocycles. The highest BCUT2D eigenvalue weighted by Crippen LogP contribution is 2.27. The van der Waals surface area contributed by atoms with Crippen LogP contribution in [-0.2, 0) is 16.0 Å². The Morgan fingerprint density at radius 3 is 2.90 bits per heavy atom. The maximum absolute atomic E-state index is 14.6. The van der Waals surface area contributed by atoms with E-state index in [-0.39, 0.29) is 23.7 Å². The standard InChI is InChI=1S/C23H34FN3O3/c24-21-15-20(29-12-1-2-18-5-8-25-9-6-18)4-3-19(21)14-22(28)27-11-7-23(17-27)16-26-10-13-30-23/h3-4,15,18,25-26H,1-2,5-14,16-17H2. The van der Waals surface area contributed by atoms with Gasteiger partial charge in [0.15, 0.2) is 0 Å². The molecule has 1 amide bonds. The van der Waals surface area contributed by atoms with E-state index in [4.69, 9.17) is 9.47 Å². The monoisotopic (exact) mass is 419 g/mol. The zero-order valence-electron chi connectivity index (χ0n) is 17.8. The Morgan fingerprint density at radius 1 is 1.27 bits per heavy atom. The summed E-state index contributed by atoms with van der Waals surface area (Å²) in [7, 11) is 0. The SMILES string of the molecule is O=C(Cc1ccc(OCCCC2CCNCC2)cc1F)N1CCC2(CNCCO2)C1. The molecule has 1 aromatic carbocycles. The third kappa shape index (κ3) is 5.50. The normalized spacial score (nSPS) is 25.0. The summed E-state index contributed by atoms with van der Waals surface area (Å²) >= 11 is 0. The maximum atomic E-state index is 14.6. The molecule has 1 aromatic rings. The zero-order chi connectivity index (χ0) is 20.8. The predicted octanol–water partition coefficient (Wildman–Crippen LogP) is 2.12. The summed E-state index contributed by atoms with van der Waals surface area (Å²) in [5.41, 5.74) is 0.156. The third-order valence-corrected chi connectivity index (χ3v) is 6.65. The lowest BCUT2D eigenvalue weighted by atomic mass is 9.93. The summed E-state index contributed by atoms with van der Waals surface area (Å²) in [4.78, 5) is 14.5. The molecule has 30 heavy (non-hydrogen) atoms. The number of amides is 1. The van der Waals surface area contributed by atoms with E-state index >= 15 is 0 Å². The Bertz CT molecular complexity index is 718. The van der Waals surface area contributed by atoms with Gasteiger partial charge in [-0.2, -0.15) is 0 Å². The third-order valence-electron chi connectivity index (χ3n) is 6.65. The van der Waals surface area contributed by atoms with Crippen LogP contribution in [0.2, 0.25) is 0 Å². The molecule has 6 nitrogen and oxygen atoms in total. The Balaban J connectivity index is 1.22. The number of morpholine rings is 1. The van der Waals surface area contributed by atoms with Gasteiger partial charge in [-0.15, -0.1) is 0 Å². The number of rotatable bonds is 7. The van der Waals surface area contributed by atoms with Crippen molar-refractivity contribution < 1.29 is 18.7 Å².